The van der Waals surface area contributed by atoms with Crippen LogP contribution in [0, 0.1) is 0 Å². The van der Waals surface area contributed by atoms with E-state index in [-0.39, 0.29) is 11.4 Å². The minimum atomic E-state index is -1.09. The van der Waals surface area contributed by atoms with E-state index in [0.29, 0.717) is 34.3 Å². The van der Waals surface area contributed by atoms with E-state index in [9.17, 15) is 15.0 Å². The standard InChI is InChI=1S/C27H25N5O3/c28-25-22(27(35)29-15-17-9-3-1-4-10-17)23-26(31-20-14-8-7-13-19(20)30-23)32(25)21(16-33)24(34)18-11-5-2-6-12-18/h1-14,21,24,33-34H,15-16,28H2,(H,29,35). The highest BCUT2D eigenvalue weighted by Crippen LogP contribution is 2.36. The highest BCUT2D eigenvalue weighted by molar-refractivity contribution is 6.10. The van der Waals surface area contributed by atoms with Gasteiger partial charge in [-0.1, -0.05) is 72.8 Å². The minimum absolute atomic E-state index is 0.0786. The number of benzene rings is 3. The van der Waals surface area contributed by atoms with E-state index >= 15 is 0 Å². The van der Waals surface area contributed by atoms with Gasteiger partial charge in [0, 0.05) is 6.54 Å². The summed E-state index contributed by atoms with van der Waals surface area (Å²) in [5.74, 6) is -0.333. The molecule has 0 radical (unpaired) electrons. The molecule has 2 unspecified atom stereocenters. The molecule has 5 N–H and O–H groups in total. The molecule has 3 aromatic carbocycles. The van der Waals surface area contributed by atoms with Gasteiger partial charge in [-0.25, -0.2) is 9.97 Å². The summed E-state index contributed by atoms with van der Waals surface area (Å²) in [6.45, 7) is -0.119. The quantitative estimate of drug-likeness (QED) is 0.291. The Morgan fingerprint density at radius 2 is 1.51 bits per heavy atom. The summed E-state index contributed by atoms with van der Waals surface area (Å²) in [6.07, 6.45) is -1.09. The lowest BCUT2D eigenvalue weighted by Gasteiger charge is -2.24. The molecule has 176 valence electrons. The van der Waals surface area contributed by atoms with E-state index in [0.717, 1.165) is 5.56 Å². The molecule has 2 atom stereocenters. The zero-order valence-corrected chi connectivity index (χ0v) is 18.9. The lowest BCUT2D eigenvalue weighted by Crippen LogP contribution is -2.26. The van der Waals surface area contributed by atoms with Gasteiger partial charge >= 0.3 is 0 Å². The zero-order chi connectivity index (χ0) is 24.4. The molecule has 0 aliphatic rings. The molecular formula is C27H25N5O3. The molecule has 0 saturated heterocycles. The molecule has 5 rings (SSSR count). The van der Waals surface area contributed by atoms with Crippen molar-refractivity contribution in [3.63, 3.8) is 0 Å². The first-order valence-corrected chi connectivity index (χ1v) is 11.3. The molecule has 0 aliphatic carbocycles. The molecule has 0 bridgehead atoms. The molecule has 8 nitrogen and oxygen atoms in total. The molecule has 1 amide bonds. The van der Waals surface area contributed by atoms with E-state index in [1.165, 1.54) is 4.57 Å². The maximum Gasteiger partial charge on any atom is 0.257 e. The Hall–Kier alpha value is -4.27. The number of hydrogen-bond donors (Lipinski definition) is 4. The number of nitrogens with one attached hydrogen (secondary N) is 1. The molecule has 0 saturated carbocycles. The Labute approximate surface area is 201 Å². The smallest absolute Gasteiger partial charge is 0.257 e. The summed E-state index contributed by atoms with van der Waals surface area (Å²) >= 11 is 0. The Bertz CT molecular complexity index is 1490. The molecule has 0 fully saturated rings. The summed E-state index contributed by atoms with van der Waals surface area (Å²) in [4.78, 5) is 22.8. The van der Waals surface area contributed by atoms with Gasteiger partial charge < -0.3 is 25.8 Å². The Morgan fingerprint density at radius 1 is 0.914 bits per heavy atom. The fraction of sp³-hybridized carbons (Fsp3) is 0.148. The predicted octanol–water partition coefficient (Wildman–Crippen LogP) is 3.36. The third-order valence-corrected chi connectivity index (χ3v) is 6.08. The normalized spacial score (nSPS) is 13.1. The van der Waals surface area contributed by atoms with E-state index in [1.807, 2.05) is 60.7 Å². The van der Waals surface area contributed by atoms with Crippen molar-refractivity contribution in [3.8, 4) is 0 Å². The van der Waals surface area contributed by atoms with E-state index < -0.39 is 24.7 Å². The van der Waals surface area contributed by atoms with Crippen molar-refractivity contribution in [1.82, 2.24) is 19.9 Å². The molecule has 2 aromatic heterocycles. The van der Waals surface area contributed by atoms with Crippen LogP contribution in [0.4, 0.5) is 5.82 Å². The lowest BCUT2D eigenvalue weighted by atomic mass is 10.0. The largest absolute Gasteiger partial charge is 0.394 e. The van der Waals surface area contributed by atoms with Crippen LogP contribution >= 0.6 is 0 Å². The van der Waals surface area contributed by atoms with Crippen LogP contribution in [0.1, 0.15) is 33.6 Å². The van der Waals surface area contributed by atoms with Gasteiger partial charge in [0.1, 0.15) is 23.0 Å². The van der Waals surface area contributed by atoms with E-state index in [1.54, 1.807) is 24.3 Å². The van der Waals surface area contributed by atoms with Crippen molar-refractivity contribution < 1.29 is 15.0 Å². The third-order valence-electron chi connectivity index (χ3n) is 6.08. The van der Waals surface area contributed by atoms with Crippen LogP contribution in [0.5, 0.6) is 0 Å². The fourth-order valence-electron chi connectivity index (χ4n) is 4.30. The summed E-state index contributed by atoms with van der Waals surface area (Å²) in [7, 11) is 0. The van der Waals surface area contributed by atoms with Gasteiger partial charge in [0.05, 0.1) is 23.7 Å². The van der Waals surface area contributed by atoms with E-state index in [2.05, 4.69) is 5.32 Å². The number of aliphatic hydroxyl groups excluding tert-OH is 2. The van der Waals surface area contributed by atoms with Gasteiger partial charge in [-0.2, -0.15) is 0 Å². The first-order valence-electron chi connectivity index (χ1n) is 11.3. The number of carbonyl (C=O) groups excluding carboxylic acids is 1. The topological polar surface area (TPSA) is 126 Å². The maximum atomic E-state index is 13.4. The molecule has 2 heterocycles. The Balaban J connectivity index is 1.65. The second-order valence-corrected chi connectivity index (χ2v) is 8.29. The first-order chi connectivity index (χ1) is 17.1. The number of anilines is 1. The number of aromatic nitrogens is 3. The molecule has 5 aromatic rings. The number of para-hydroxylation sites is 2. The van der Waals surface area contributed by atoms with Crippen molar-refractivity contribution in [3.05, 3.63) is 102 Å². The molecule has 8 heteroatoms. The van der Waals surface area contributed by atoms with Crippen molar-refractivity contribution in [2.75, 3.05) is 12.3 Å². The number of nitrogen functional groups attached to an aromatic ring is 1. The van der Waals surface area contributed by atoms with Crippen LogP contribution in [0.3, 0.4) is 0 Å². The Morgan fingerprint density at radius 3 is 2.17 bits per heavy atom. The van der Waals surface area contributed by atoms with Gasteiger partial charge in [0.15, 0.2) is 5.65 Å². The number of amides is 1. The van der Waals surface area contributed by atoms with Crippen LogP contribution in [0.25, 0.3) is 22.2 Å². The second-order valence-electron chi connectivity index (χ2n) is 8.29. The second kappa shape index (κ2) is 9.54. The van der Waals surface area contributed by atoms with Crippen LogP contribution in [0.15, 0.2) is 84.9 Å². The summed E-state index contributed by atoms with van der Waals surface area (Å²) in [5.41, 5.74) is 10.1. The third kappa shape index (κ3) is 4.21. The average molecular weight is 468 g/mol. The van der Waals surface area contributed by atoms with Gasteiger partial charge in [-0.3, -0.25) is 4.79 Å². The Kier molecular flexibility index (Phi) is 6.13. The summed E-state index contributed by atoms with van der Waals surface area (Å²) in [5, 5.41) is 24.4. The van der Waals surface area contributed by atoms with Gasteiger partial charge in [-0.05, 0) is 23.3 Å². The predicted molar refractivity (Wildman–Crippen MR) is 135 cm³/mol. The van der Waals surface area contributed by atoms with Crippen LogP contribution in [0.2, 0.25) is 0 Å². The fourth-order valence-corrected chi connectivity index (χ4v) is 4.30. The number of fused-ring (bicyclic) bond motifs is 2. The zero-order valence-electron chi connectivity index (χ0n) is 18.9. The molecule has 0 spiro atoms. The van der Waals surface area contributed by atoms with Crippen LogP contribution < -0.4 is 11.1 Å². The monoisotopic (exact) mass is 467 g/mol. The van der Waals surface area contributed by atoms with Gasteiger partial charge in [0.25, 0.3) is 5.91 Å². The number of rotatable bonds is 7. The van der Waals surface area contributed by atoms with Gasteiger partial charge in [-0.15, -0.1) is 0 Å². The average Bonchev–Trinajstić information content (AvgIpc) is 3.18. The lowest BCUT2D eigenvalue weighted by molar-refractivity contribution is 0.0757. The first kappa shape index (κ1) is 22.5. The number of nitrogens with two attached hydrogens (primary N) is 1. The number of aliphatic hydroxyl groups is 2. The van der Waals surface area contributed by atoms with Crippen molar-refractivity contribution in [1.29, 1.82) is 0 Å². The van der Waals surface area contributed by atoms with Crippen molar-refractivity contribution >= 4 is 33.9 Å². The number of nitrogens with zero attached hydrogens (tertiary/aromatic N) is 3. The van der Waals surface area contributed by atoms with E-state index in [4.69, 9.17) is 15.7 Å². The van der Waals surface area contributed by atoms with Crippen LogP contribution in [-0.2, 0) is 6.54 Å². The minimum Gasteiger partial charge on any atom is -0.394 e. The van der Waals surface area contributed by atoms with Crippen molar-refractivity contribution in [2.45, 2.75) is 18.7 Å². The highest BCUT2D eigenvalue weighted by atomic mass is 16.3. The summed E-state index contributed by atoms with van der Waals surface area (Å²) in [6, 6.07) is 24.9. The summed E-state index contributed by atoms with van der Waals surface area (Å²) < 4.78 is 1.52. The van der Waals surface area contributed by atoms with Gasteiger partial charge in [0.2, 0.25) is 0 Å². The van der Waals surface area contributed by atoms with Crippen LogP contribution in [-0.4, -0.2) is 37.3 Å². The number of hydrogen-bond acceptors (Lipinski definition) is 6. The van der Waals surface area contributed by atoms with Crippen molar-refractivity contribution in [2.24, 2.45) is 0 Å². The number of carbonyl (C=O) groups is 1. The maximum absolute atomic E-state index is 13.4. The molecular weight excluding hydrogens is 442 g/mol. The SMILES string of the molecule is Nc1c(C(=O)NCc2ccccc2)c2nc3ccccc3nc2n1C(CO)C(O)c1ccccc1. The molecule has 0 aliphatic heterocycles. The molecule has 35 heavy (non-hydrogen) atoms. The highest BCUT2D eigenvalue weighted by Gasteiger charge is 2.31.